The third-order valence-corrected chi connectivity index (χ3v) is 5.78. The van der Waals surface area contributed by atoms with Crippen molar-refractivity contribution in [2.45, 2.75) is 13.8 Å². The first-order chi connectivity index (χ1) is 16.1. The number of aromatic nitrogens is 5. The fourth-order valence-corrected chi connectivity index (χ4v) is 3.99. The van der Waals surface area contributed by atoms with E-state index in [0.717, 1.165) is 17.3 Å². The molecule has 1 saturated heterocycles. The maximum Gasteiger partial charge on any atom is 0.253 e. The van der Waals surface area contributed by atoms with Gasteiger partial charge in [0.2, 0.25) is 0 Å². The zero-order valence-electron chi connectivity index (χ0n) is 18.7. The third-order valence-electron chi connectivity index (χ3n) is 5.78. The van der Waals surface area contributed by atoms with Gasteiger partial charge < -0.3 is 14.5 Å². The van der Waals surface area contributed by atoms with Crippen LogP contribution >= 0.6 is 0 Å². The van der Waals surface area contributed by atoms with Crippen molar-refractivity contribution < 1.29 is 9.53 Å². The van der Waals surface area contributed by atoms with Gasteiger partial charge in [-0.2, -0.15) is 4.68 Å². The smallest absolute Gasteiger partial charge is 0.253 e. The number of ether oxygens (including phenoxy) is 1. The molecule has 1 amide bonds. The second-order valence-corrected chi connectivity index (χ2v) is 7.94. The number of anilines is 1. The Morgan fingerprint density at radius 3 is 2.39 bits per heavy atom. The van der Waals surface area contributed by atoms with Crippen LogP contribution in [0.25, 0.3) is 16.9 Å². The van der Waals surface area contributed by atoms with E-state index in [0.29, 0.717) is 49.5 Å². The lowest BCUT2D eigenvalue weighted by Gasteiger charge is -2.35. The molecule has 2 aromatic carbocycles. The van der Waals surface area contributed by atoms with Crippen molar-refractivity contribution in [2.24, 2.45) is 0 Å². The second-order valence-electron chi connectivity index (χ2n) is 7.94. The summed E-state index contributed by atoms with van der Waals surface area (Å²) >= 11 is 0. The average molecular weight is 444 g/mol. The monoisotopic (exact) mass is 443 g/mol. The first-order valence-corrected chi connectivity index (χ1v) is 11.0. The van der Waals surface area contributed by atoms with E-state index in [9.17, 15) is 4.79 Å². The molecule has 0 unspecified atom stereocenters. The Balaban J connectivity index is 1.31. The van der Waals surface area contributed by atoms with Crippen molar-refractivity contribution in [3.05, 3.63) is 66.0 Å². The number of carbonyl (C=O) groups is 1. The minimum absolute atomic E-state index is 0.0239. The summed E-state index contributed by atoms with van der Waals surface area (Å²) in [7, 11) is 0. The molecule has 2 aromatic heterocycles. The Kier molecular flexibility index (Phi) is 5.60. The lowest BCUT2D eigenvalue weighted by atomic mass is 10.1. The first kappa shape index (κ1) is 20.9. The molecule has 168 valence electrons. The van der Waals surface area contributed by atoms with Crippen LogP contribution < -0.4 is 9.64 Å². The van der Waals surface area contributed by atoms with E-state index in [1.165, 1.54) is 5.56 Å². The highest BCUT2D eigenvalue weighted by Crippen LogP contribution is 2.24. The van der Waals surface area contributed by atoms with E-state index < -0.39 is 0 Å². The molecular formula is C24H25N7O2. The normalized spacial score (nSPS) is 14.0. The van der Waals surface area contributed by atoms with Gasteiger partial charge in [-0.25, -0.2) is 9.97 Å². The van der Waals surface area contributed by atoms with Crippen LogP contribution in [0, 0.1) is 6.92 Å². The van der Waals surface area contributed by atoms with Gasteiger partial charge in [0.05, 0.1) is 12.3 Å². The summed E-state index contributed by atoms with van der Waals surface area (Å²) in [6.07, 6.45) is 1.54. The predicted octanol–water partition coefficient (Wildman–Crippen LogP) is 2.88. The van der Waals surface area contributed by atoms with Gasteiger partial charge in [-0.05, 0) is 50.2 Å². The van der Waals surface area contributed by atoms with Gasteiger partial charge in [0.25, 0.3) is 5.91 Å². The van der Waals surface area contributed by atoms with Gasteiger partial charge in [-0.1, -0.05) is 22.9 Å². The highest BCUT2D eigenvalue weighted by atomic mass is 16.5. The molecule has 1 aliphatic rings. The standard InChI is InChI=1S/C24H25N7O2/c1-3-33-20-10-6-18(7-11-20)24(32)30-14-12-29(13-15-30)22-21-23(26-16-25-22)31(28-27-21)19-8-4-17(2)5-9-19/h4-11,16H,3,12-15H2,1-2H3. The Morgan fingerprint density at radius 2 is 1.70 bits per heavy atom. The molecule has 0 spiro atoms. The number of hydrogen-bond acceptors (Lipinski definition) is 7. The molecule has 1 fully saturated rings. The fourth-order valence-electron chi connectivity index (χ4n) is 3.99. The van der Waals surface area contributed by atoms with Gasteiger partial charge >= 0.3 is 0 Å². The quantitative estimate of drug-likeness (QED) is 0.469. The van der Waals surface area contributed by atoms with Crippen molar-refractivity contribution >= 4 is 22.9 Å². The Bertz CT molecular complexity index is 1260. The summed E-state index contributed by atoms with van der Waals surface area (Å²) in [5.41, 5.74) is 4.06. The van der Waals surface area contributed by atoms with Crippen molar-refractivity contribution in [1.82, 2.24) is 29.9 Å². The molecule has 1 aliphatic heterocycles. The number of piperazine rings is 1. The second kappa shape index (κ2) is 8.85. The highest BCUT2D eigenvalue weighted by molar-refractivity contribution is 5.94. The van der Waals surface area contributed by atoms with Gasteiger partial charge in [0.1, 0.15) is 12.1 Å². The van der Waals surface area contributed by atoms with E-state index in [-0.39, 0.29) is 5.91 Å². The summed E-state index contributed by atoms with van der Waals surface area (Å²) in [6.45, 7) is 7.10. The van der Waals surface area contributed by atoms with Crippen LogP contribution in [0.4, 0.5) is 5.82 Å². The van der Waals surface area contributed by atoms with E-state index in [1.807, 2.05) is 67.3 Å². The molecule has 0 aliphatic carbocycles. The van der Waals surface area contributed by atoms with Gasteiger partial charge in [0.15, 0.2) is 17.0 Å². The van der Waals surface area contributed by atoms with Crippen LogP contribution in [0.1, 0.15) is 22.8 Å². The molecule has 0 radical (unpaired) electrons. The molecule has 0 bridgehead atoms. The number of nitrogens with zero attached hydrogens (tertiary/aromatic N) is 7. The molecule has 3 heterocycles. The SMILES string of the molecule is CCOc1ccc(C(=O)N2CCN(c3ncnc4c3nnn4-c3ccc(C)cc3)CC2)cc1. The number of aryl methyl sites for hydroxylation is 1. The van der Waals surface area contributed by atoms with Crippen LogP contribution in [-0.2, 0) is 0 Å². The Labute approximate surface area is 191 Å². The van der Waals surface area contributed by atoms with E-state index >= 15 is 0 Å². The Hall–Kier alpha value is -4.01. The number of fused-ring (bicyclic) bond motifs is 1. The van der Waals surface area contributed by atoms with Crippen LogP contribution in [0.3, 0.4) is 0 Å². The summed E-state index contributed by atoms with van der Waals surface area (Å²) in [5.74, 6) is 1.53. The van der Waals surface area contributed by atoms with Crippen LogP contribution in [0.2, 0.25) is 0 Å². The van der Waals surface area contributed by atoms with E-state index in [4.69, 9.17) is 4.74 Å². The van der Waals surface area contributed by atoms with Crippen LogP contribution in [0.5, 0.6) is 5.75 Å². The highest BCUT2D eigenvalue weighted by Gasteiger charge is 2.25. The summed E-state index contributed by atoms with van der Waals surface area (Å²) in [6, 6.07) is 15.4. The molecule has 33 heavy (non-hydrogen) atoms. The summed E-state index contributed by atoms with van der Waals surface area (Å²) in [4.78, 5) is 25.8. The number of rotatable bonds is 5. The first-order valence-electron chi connectivity index (χ1n) is 11.0. The van der Waals surface area contributed by atoms with Crippen molar-refractivity contribution in [2.75, 3.05) is 37.7 Å². The number of hydrogen-bond donors (Lipinski definition) is 0. The lowest BCUT2D eigenvalue weighted by Crippen LogP contribution is -2.49. The largest absolute Gasteiger partial charge is 0.494 e. The van der Waals surface area contributed by atoms with E-state index in [2.05, 4.69) is 25.2 Å². The molecular weight excluding hydrogens is 418 g/mol. The van der Waals surface area contributed by atoms with E-state index in [1.54, 1.807) is 11.0 Å². The Morgan fingerprint density at radius 1 is 0.970 bits per heavy atom. The van der Waals surface area contributed by atoms with Crippen molar-refractivity contribution in [3.8, 4) is 11.4 Å². The lowest BCUT2D eigenvalue weighted by molar-refractivity contribution is 0.0746. The molecule has 9 heteroatoms. The van der Waals surface area contributed by atoms with Crippen molar-refractivity contribution in [1.29, 1.82) is 0 Å². The number of carbonyl (C=O) groups excluding carboxylic acids is 1. The molecule has 5 rings (SSSR count). The zero-order valence-corrected chi connectivity index (χ0v) is 18.7. The minimum atomic E-state index is 0.0239. The van der Waals surface area contributed by atoms with Crippen molar-refractivity contribution in [3.63, 3.8) is 0 Å². The predicted molar refractivity (Wildman–Crippen MR) is 125 cm³/mol. The minimum Gasteiger partial charge on any atom is -0.494 e. The summed E-state index contributed by atoms with van der Waals surface area (Å²) < 4.78 is 7.19. The average Bonchev–Trinajstić information content (AvgIpc) is 3.29. The van der Waals surface area contributed by atoms with Crippen LogP contribution in [0.15, 0.2) is 54.9 Å². The molecule has 0 N–H and O–H groups in total. The maximum absolute atomic E-state index is 12.9. The number of benzene rings is 2. The van der Waals surface area contributed by atoms with Gasteiger partial charge in [0, 0.05) is 31.7 Å². The molecule has 9 nitrogen and oxygen atoms in total. The topological polar surface area (TPSA) is 89.3 Å². The van der Waals surface area contributed by atoms with Gasteiger partial charge in [-0.15, -0.1) is 5.10 Å². The number of amides is 1. The molecule has 4 aromatic rings. The van der Waals surface area contributed by atoms with Crippen LogP contribution in [-0.4, -0.2) is 68.6 Å². The third kappa shape index (κ3) is 4.09. The molecule has 0 atom stereocenters. The maximum atomic E-state index is 12.9. The molecule has 0 saturated carbocycles. The van der Waals surface area contributed by atoms with Gasteiger partial charge in [-0.3, -0.25) is 4.79 Å². The summed E-state index contributed by atoms with van der Waals surface area (Å²) in [5, 5.41) is 8.69. The zero-order chi connectivity index (χ0) is 22.8. The fraction of sp³-hybridized carbons (Fsp3) is 0.292.